The van der Waals surface area contributed by atoms with Gasteiger partial charge >= 0.3 is 5.69 Å². The first kappa shape index (κ1) is 21.4. The Labute approximate surface area is 188 Å². The Kier molecular flexibility index (Phi) is 5.83. The van der Waals surface area contributed by atoms with Gasteiger partial charge < -0.3 is 10.1 Å². The minimum atomic E-state index is -0.655. The van der Waals surface area contributed by atoms with Gasteiger partial charge in [0.2, 0.25) is 5.91 Å². The number of carbonyl (C=O) groups excluding carboxylic acids is 1. The van der Waals surface area contributed by atoms with Crippen LogP contribution in [-0.2, 0) is 11.3 Å². The number of nitrogens with zero attached hydrogens (tertiary/aromatic N) is 2. The fraction of sp³-hybridized carbons (Fsp3) is 0.125. The molecule has 1 amide bonds. The molecule has 7 nitrogen and oxygen atoms in total. The van der Waals surface area contributed by atoms with Crippen LogP contribution in [0.3, 0.4) is 0 Å². The van der Waals surface area contributed by atoms with E-state index in [0.717, 1.165) is 10.1 Å². The van der Waals surface area contributed by atoms with Crippen LogP contribution in [0.5, 0.6) is 5.75 Å². The molecule has 1 aromatic heterocycles. The number of amides is 1. The van der Waals surface area contributed by atoms with Crippen LogP contribution >= 0.6 is 11.6 Å². The Bertz CT molecular complexity index is 1460. The van der Waals surface area contributed by atoms with E-state index in [1.807, 2.05) is 25.1 Å². The first-order valence-corrected chi connectivity index (χ1v) is 10.2. The van der Waals surface area contributed by atoms with Crippen molar-refractivity contribution in [2.45, 2.75) is 13.5 Å². The molecule has 32 heavy (non-hydrogen) atoms. The summed E-state index contributed by atoms with van der Waals surface area (Å²) in [7, 11) is 1.50. The van der Waals surface area contributed by atoms with E-state index >= 15 is 0 Å². The second-order valence-corrected chi connectivity index (χ2v) is 7.73. The maximum absolute atomic E-state index is 13.4. The number of ether oxygens (including phenoxy) is 1. The summed E-state index contributed by atoms with van der Waals surface area (Å²) in [4.78, 5) is 39.4. The second-order valence-electron chi connectivity index (χ2n) is 7.29. The Morgan fingerprint density at radius 3 is 2.56 bits per heavy atom. The van der Waals surface area contributed by atoms with Crippen LogP contribution in [0.2, 0.25) is 5.02 Å². The zero-order valence-electron chi connectivity index (χ0n) is 17.5. The lowest BCUT2D eigenvalue weighted by molar-refractivity contribution is -0.116. The van der Waals surface area contributed by atoms with Gasteiger partial charge in [-0.3, -0.25) is 14.2 Å². The summed E-state index contributed by atoms with van der Waals surface area (Å²) in [6.45, 7) is 1.62. The highest BCUT2D eigenvalue weighted by Gasteiger charge is 2.17. The van der Waals surface area contributed by atoms with E-state index in [1.165, 1.54) is 17.7 Å². The number of anilines is 1. The highest BCUT2D eigenvalue weighted by molar-refractivity contribution is 6.31. The molecule has 8 heteroatoms. The number of benzene rings is 3. The van der Waals surface area contributed by atoms with E-state index in [4.69, 9.17) is 16.3 Å². The number of halogens is 1. The van der Waals surface area contributed by atoms with Gasteiger partial charge in [0.05, 0.1) is 23.7 Å². The molecule has 4 rings (SSSR count). The molecule has 3 aromatic carbocycles. The van der Waals surface area contributed by atoms with Crippen molar-refractivity contribution >= 4 is 34.1 Å². The van der Waals surface area contributed by atoms with Crippen molar-refractivity contribution < 1.29 is 9.53 Å². The van der Waals surface area contributed by atoms with Crippen LogP contribution < -0.4 is 21.3 Å². The number of aromatic nitrogens is 2. The molecule has 0 atom stereocenters. The monoisotopic (exact) mass is 449 g/mol. The number of rotatable bonds is 5. The molecule has 0 aliphatic rings. The molecule has 4 aromatic rings. The lowest BCUT2D eigenvalue weighted by Crippen LogP contribution is -2.40. The average Bonchev–Trinajstić information content (AvgIpc) is 2.77. The van der Waals surface area contributed by atoms with E-state index in [0.29, 0.717) is 22.1 Å². The Morgan fingerprint density at radius 1 is 1.03 bits per heavy atom. The normalized spacial score (nSPS) is 10.8. The minimum absolute atomic E-state index is 0.264. The van der Waals surface area contributed by atoms with Crippen LogP contribution in [-0.4, -0.2) is 22.2 Å². The van der Waals surface area contributed by atoms with E-state index in [2.05, 4.69) is 5.32 Å². The first-order chi connectivity index (χ1) is 15.4. The number of carbonyl (C=O) groups is 1. The zero-order valence-corrected chi connectivity index (χ0v) is 18.2. The van der Waals surface area contributed by atoms with Gasteiger partial charge in [-0.15, -0.1) is 0 Å². The van der Waals surface area contributed by atoms with Crippen molar-refractivity contribution in [1.82, 2.24) is 9.13 Å². The summed E-state index contributed by atoms with van der Waals surface area (Å²) in [5, 5.41) is 3.41. The molecule has 162 valence electrons. The topological polar surface area (TPSA) is 82.3 Å². The second kappa shape index (κ2) is 8.72. The lowest BCUT2D eigenvalue weighted by atomic mass is 10.2. The molecular weight excluding hydrogens is 430 g/mol. The predicted octanol–water partition coefficient (Wildman–Crippen LogP) is 3.76. The van der Waals surface area contributed by atoms with Crippen LogP contribution in [0.25, 0.3) is 16.6 Å². The summed E-state index contributed by atoms with van der Waals surface area (Å²) in [5.41, 5.74) is 1.06. The van der Waals surface area contributed by atoms with E-state index in [1.54, 1.807) is 42.5 Å². The van der Waals surface area contributed by atoms with Crippen LogP contribution in [0.4, 0.5) is 5.69 Å². The van der Waals surface area contributed by atoms with Crippen LogP contribution in [0.15, 0.2) is 76.3 Å². The standard InChI is InChI=1S/C24H20ClN3O4/c1-15-5-3-6-17(11-15)26-22(29)14-27-21-12-16(25)9-10-20(21)23(30)28(24(27)31)18-7-4-8-19(13-18)32-2/h3-13H,14H2,1-2H3,(H,26,29). The van der Waals surface area contributed by atoms with Gasteiger partial charge in [0.1, 0.15) is 12.3 Å². The molecule has 0 unspecified atom stereocenters. The maximum atomic E-state index is 13.4. The summed E-state index contributed by atoms with van der Waals surface area (Å²) >= 11 is 6.13. The fourth-order valence-electron chi connectivity index (χ4n) is 3.54. The van der Waals surface area contributed by atoms with Gasteiger partial charge in [0.15, 0.2) is 0 Å². The number of aryl methyl sites for hydroxylation is 1. The Hall–Kier alpha value is -3.84. The molecular formula is C24H20ClN3O4. The molecule has 1 N–H and O–H groups in total. The molecule has 0 saturated carbocycles. The van der Waals surface area contributed by atoms with Gasteiger partial charge in [0, 0.05) is 16.8 Å². The van der Waals surface area contributed by atoms with Crippen LogP contribution in [0, 0.1) is 6.92 Å². The molecule has 0 spiro atoms. The van der Waals surface area contributed by atoms with Crippen molar-refractivity contribution in [1.29, 1.82) is 0 Å². The summed E-state index contributed by atoms with van der Waals surface area (Å²) in [5.74, 6) is 0.0866. The first-order valence-electron chi connectivity index (χ1n) is 9.83. The summed E-state index contributed by atoms with van der Waals surface area (Å²) < 4.78 is 7.49. The SMILES string of the molecule is COc1cccc(-n2c(=O)c3ccc(Cl)cc3n(CC(=O)Nc3cccc(C)c3)c2=O)c1. The lowest BCUT2D eigenvalue weighted by Gasteiger charge is -2.15. The molecule has 0 saturated heterocycles. The molecule has 0 bridgehead atoms. The van der Waals surface area contributed by atoms with Crippen molar-refractivity contribution in [2.75, 3.05) is 12.4 Å². The zero-order chi connectivity index (χ0) is 22.8. The largest absolute Gasteiger partial charge is 0.497 e. The number of nitrogens with one attached hydrogen (secondary N) is 1. The molecule has 0 radical (unpaired) electrons. The van der Waals surface area contributed by atoms with Gasteiger partial charge in [-0.05, 0) is 55.0 Å². The van der Waals surface area contributed by atoms with E-state index in [9.17, 15) is 14.4 Å². The predicted molar refractivity (Wildman–Crippen MR) is 125 cm³/mol. The number of fused-ring (bicyclic) bond motifs is 1. The molecule has 1 heterocycles. The molecule has 0 fully saturated rings. The smallest absolute Gasteiger partial charge is 0.336 e. The van der Waals surface area contributed by atoms with E-state index in [-0.39, 0.29) is 17.4 Å². The summed E-state index contributed by atoms with van der Waals surface area (Å²) in [6, 6.07) is 18.6. The minimum Gasteiger partial charge on any atom is -0.497 e. The number of methoxy groups -OCH3 is 1. The van der Waals surface area contributed by atoms with Gasteiger partial charge in [-0.2, -0.15) is 0 Å². The van der Waals surface area contributed by atoms with Crippen molar-refractivity contribution in [3.63, 3.8) is 0 Å². The highest BCUT2D eigenvalue weighted by Crippen LogP contribution is 2.19. The van der Waals surface area contributed by atoms with Crippen molar-refractivity contribution in [2.24, 2.45) is 0 Å². The van der Waals surface area contributed by atoms with Crippen LogP contribution in [0.1, 0.15) is 5.56 Å². The average molecular weight is 450 g/mol. The fourth-order valence-corrected chi connectivity index (χ4v) is 3.70. The van der Waals surface area contributed by atoms with E-state index < -0.39 is 17.2 Å². The third kappa shape index (κ3) is 4.15. The third-order valence-electron chi connectivity index (χ3n) is 5.02. The highest BCUT2D eigenvalue weighted by atomic mass is 35.5. The van der Waals surface area contributed by atoms with Gasteiger partial charge in [-0.25, -0.2) is 9.36 Å². The third-order valence-corrected chi connectivity index (χ3v) is 5.26. The van der Waals surface area contributed by atoms with Crippen molar-refractivity contribution in [3.05, 3.63) is 98.2 Å². The quantitative estimate of drug-likeness (QED) is 0.503. The number of hydrogen-bond acceptors (Lipinski definition) is 4. The Balaban J connectivity index is 1.87. The van der Waals surface area contributed by atoms with Gasteiger partial charge in [0.25, 0.3) is 5.56 Å². The summed E-state index contributed by atoms with van der Waals surface area (Å²) in [6.07, 6.45) is 0. The maximum Gasteiger partial charge on any atom is 0.336 e. The molecule has 0 aliphatic carbocycles. The number of hydrogen-bond donors (Lipinski definition) is 1. The molecule has 0 aliphatic heterocycles. The van der Waals surface area contributed by atoms with Gasteiger partial charge in [-0.1, -0.05) is 29.8 Å². The van der Waals surface area contributed by atoms with Crippen molar-refractivity contribution in [3.8, 4) is 11.4 Å². The Morgan fingerprint density at radius 2 is 1.81 bits per heavy atom.